The van der Waals surface area contributed by atoms with Crippen LogP contribution in [0.2, 0.25) is 15.1 Å². The monoisotopic (exact) mass is 1350 g/mol. The number of fused-ring (bicyclic) bond motifs is 3. The first-order valence-electron chi connectivity index (χ1n) is 27.8. The Morgan fingerprint density at radius 2 is 0.816 bits per heavy atom. The zero-order valence-corrected chi connectivity index (χ0v) is 53.4. The van der Waals surface area contributed by atoms with Crippen molar-refractivity contribution in [3.63, 3.8) is 0 Å². The van der Waals surface area contributed by atoms with Gasteiger partial charge in [0.15, 0.2) is 17.3 Å². The third-order valence-electron chi connectivity index (χ3n) is 13.5. The van der Waals surface area contributed by atoms with Crippen molar-refractivity contribution in [2.75, 3.05) is 0 Å². The minimum atomic E-state index is -0.985. The number of benzene rings is 5. The predicted molar refractivity (Wildman–Crippen MR) is 355 cm³/mol. The Labute approximate surface area is 536 Å². The number of hydrogen-bond acceptors (Lipinski definition) is 7. The Morgan fingerprint density at radius 1 is 0.494 bits per heavy atom. The average Bonchev–Trinajstić information content (AvgIpc) is 2.84. The summed E-state index contributed by atoms with van der Waals surface area (Å²) in [4.78, 5) is 50.1. The third-order valence-corrected chi connectivity index (χ3v) is 15.2. The fourth-order valence-electron chi connectivity index (χ4n) is 8.94. The first-order valence-corrected chi connectivity index (χ1v) is 30.5. The highest BCUT2D eigenvalue weighted by Crippen LogP contribution is 2.23. The van der Waals surface area contributed by atoms with Crippen molar-refractivity contribution >= 4 is 119 Å². The number of carbonyl (C=O) groups is 3. The molecule has 3 N–H and O–H groups in total. The molecule has 0 spiro atoms. The van der Waals surface area contributed by atoms with Gasteiger partial charge in [-0.3, -0.25) is 22.8 Å². The molecule has 0 saturated heterocycles. The third kappa shape index (κ3) is 19.1. The lowest BCUT2D eigenvalue weighted by Crippen LogP contribution is -2.08. The second-order valence-corrected chi connectivity index (χ2v) is 22.6. The maximum absolute atomic E-state index is 13.0. The second kappa shape index (κ2) is 32.7. The molecule has 0 radical (unpaired) electrons. The molecule has 0 aliphatic rings. The van der Waals surface area contributed by atoms with E-state index in [1.54, 1.807) is 77.6 Å². The van der Waals surface area contributed by atoms with E-state index in [0.717, 1.165) is 65.9 Å². The summed E-state index contributed by atoms with van der Waals surface area (Å²) in [6.45, 7) is 10.0. The van der Waals surface area contributed by atoms with E-state index >= 15 is 0 Å². The van der Waals surface area contributed by atoms with Crippen molar-refractivity contribution in [2.45, 2.75) is 72.3 Å². The van der Waals surface area contributed by atoms with E-state index in [0.29, 0.717) is 82.9 Å². The summed E-state index contributed by atoms with van der Waals surface area (Å²) >= 11 is 24.8. The predicted octanol–water partition coefficient (Wildman–Crippen LogP) is 18.4. The van der Waals surface area contributed by atoms with Crippen molar-refractivity contribution < 1.29 is 28.3 Å². The van der Waals surface area contributed by atoms with Crippen LogP contribution in [-0.2, 0) is 38.6 Å². The molecule has 11 aromatic rings. The molecule has 0 aliphatic heterocycles. The topological polar surface area (TPSA) is 149 Å². The quantitative estimate of drug-likeness (QED) is 0.0717. The molecule has 87 heavy (non-hydrogen) atoms. The molecule has 0 atom stereocenters. The van der Waals surface area contributed by atoms with Crippen molar-refractivity contribution in [3.8, 4) is 0 Å². The zero-order valence-electron chi connectivity index (χ0n) is 47.9. The van der Waals surface area contributed by atoms with Crippen molar-refractivity contribution in [3.05, 3.63) is 286 Å². The number of aromatic nitrogens is 6. The van der Waals surface area contributed by atoms with Gasteiger partial charge < -0.3 is 10.8 Å². The molecule has 0 fully saturated rings. The molecule has 6 heterocycles. The number of carboxylic acid groups (broad SMARTS) is 1. The number of ketones is 2. The van der Waals surface area contributed by atoms with Gasteiger partial charge in [0.05, 0.1) is 32.1 Å². The van der Waals surface area contributed by atoms with Crippen molar-refractivity contribution in [1.82, 2.24) is 28.2 Å². The Balaban J connectivity index is 0.000000169. The molecule has 18 heteroatoms. The Bertz CT molecular complexity index is 4150. The van der Waals surface area contributed by atoms with Crippen LogP contribution >= 0.6 is 66.7 Å². The zero-order chi connectivity index (χ0) is 62.6. The van der Waals surface area contributed by atoms with Gasteiger partial charge in [-0.05, 0) is 150 Å². The molecular formula is C69H62Br2Cl3F2N7O4. The molecule has 6 aromatic heterocycles. The number of aryl methyl sites for hydroxylation is 5. The summed E-state index contributed by atoms with van der Waals surface area (Å²) in [5, 5.41) is 10.7. The fourth-order valence-corrected chi connectivity index (χ4v) is 9.95. The number of carboxylic acids is 1. The molecule has 0 amide bonds. The van der Waals surface area contributed by atoms with E-state index in [-0.39, 0.29) is 28.9 Å². The fraction of sp³-hybridized carbons (Fsp3) is 0.159. The lowest BCUT2D eigenvalue weighted by molar-refractivity contribution is 0.0687. The van der Waals surface area contributed by atoms with Gasteiger partial charge in [0.1, 0.15) is 40.0 Å². The van der Waals surface area contributed by atoms with Gasteiger partial charge in [0.25, 0.3) is 0 Å². The molecule has 11 rings (SSSR count). The van der Waals surface area contributed by atoms with E-state index in [2.05, 4.69) is 53.4 Å². The van der Waals surface area contributed by atoms with E-state index in [1.165, 1.54) is 34.2 Å². The summed E-state index contributed by atoms with van der Waals surface area (Å²) in [5.74, 6) is -1.28. The van der Waals surface area contributed by atoms with Crippen LogP contribution in [0, 0.1) is 11.6 Å². The van der Waals surface area contributed by atoms with Gasteiger partial charge in [-0.25, -0.2) is 28.5 Å². The van der Waals surface area contributed by atoms with E-state index in [4.69, 9.17) is 45.6 Å². The number of nitrogens with zero attached hydrogens (tertiary/aromatic N) is 6. The Morgan fingerprint density at radius 3 is 1.16 bits per heavy atom. The van der Waals surface area contributed by atoms with Crippen LogP contribution in [0.15, 0.2) is 192 Å². The molecule has 446 valence electrons. The molecule has 0 saturated carbocycles. The highest BCUT2D eigenvalue weighted by atomic mass is 79.9. The lowest BCUT2D eigenvalue weighted by Gasteiger charge is -2.05. The molecule has 0 bridgehead atoms. The average molecular weight is 1360 g/mol. The van der Waals surface area contributed by atoms with Crippen molar-refractivity contribution in [2.24, 2.45) is 5.73 Å². The van der Waals surface area contributed by atoms with Crippen LogP contribution in [0.25, 0.3) is 35.2 Å². The maximum Gasteiger partial charge on any atom is 0.354 e. The smallest absolute Gasteiger partial charge is 0.354 e. The van der Waals surface area contributed by atoms with Gasteiger partial charge >= 0.3 is 5.97 Å². The highest BCUT2D eigenvalue weighted by Gasteiger charge is 2.21. The van der Waals surface area contributed by atoms with Gasteiger partial charge in [-0.15, -0.1) is 0 Å². The van der Waals surface area contributed by atoms with Gasteiger partial charge in [-0.2, -0.15) is 0 Å². The molecular weight excluding hydrogens is 1290 g/mol. The normalized spacial score (nSPS) is 10.8. The minimum Gasteiger partial charge on any atom is -0.477 e. The summed E-state index contributed by atoms with van der Waals surface area (Å²) in [7, 11) is 0. The SMILES string of the molecule is C=Cc1ccc(F)cc1.CCc1nc2ccc(Cl)cn2c1C(=O)CCc1ccc(/C=C/c2ccc(F)cc2)cc1.CCc1nc2ccc(Cl)cn2c1C(=O)CCc1ccc(Br)cc1.CCc1nc2ccc(Cl)cn2c1C(=O)O.NCc1ccc(Br)cc1. The molecule has 0 unspecified atom stereocenters. The van der Waals surface area contributed by atoms with Crippen molar-refractivity contribution in [1.29, 1.82) is 0 Å². The number of imidazole rings is 3. The van der Waals surface area contributed by atoms with Crippen LogP contribution < -0.4 is 5.73 Å². The lowest BCUT2D eigenvalue weighted by atomic mass is 10.0. The Hall–Kier alpha value is -7.89. The van der Waals surface area contributed by atoms with Gasteiger partial charge in [0, 0.05) is 46.9 Å². The summed E-state index contributed by atoms with van der Waals surface area (Å²) in [5.41, 5.74) is 17.5. The molecule has 0 aliphatic carbocycles. The number of pyridine rings is 3. The standard InChI is InChI=1S/C26H22ClFN2O.C18H16BrClN2O.C10H9ClN2O2.C8H7F.C7H8BrN/c1-2-23-26(30-17-21(27)12-16-25(30)29-23)24(31)15-11-19-6-3-18(4-7-19)5-8-20-9-13-22(28)14-10-20;1-2-15-18(22-11-14(20)8-10-17(22)21-15)16(23)9-5-12-3-6-13(19)7-4-12;1-2-7-9(10(14)15)13-5-6(11)3-4-8(13)12-7;1-2-7-3-5-8(9)6-4-7;8-7-3-1-6(5-9)2-4-7/h3-10,12-14,16-17H,2,11,15H2,1H3;3-4,6-8,10-11H,2,5,9H2,1H3;3-5H,2H2,1H3,(H,14,15);2-6H,1H2;1-4H,5,9H2/b8-5+;;;;. The van der Waals surface area contributed by atoms with E-state index < -0.39 is 5.97 Å². The summed E-state index contributed by atoms with van der Waals surface area (Å²) < 4.78 is 32.4. The van der Waals surface area contributed by atoms with Gasteiger partial charge in [0.2, 0.25) is 0 Å². The number of aromatic carboxylic acids is 1. The largest absolute Gasteiger partial charge is 0.477 e. The van der Waals surface area contributed by atoms with Crippen LogP contribution in [0.5, 0.6) is 0 Å². The molecule has 5 aromatic carbocycles. The maximum atomic E-state index is 13.0. The van der Waals surface area contributed by atoms with Crippen LogP contribution in [0.3, 0.4) is 0 Å². The van der Waals surface area contributed by atoms with Gasteiger partial charge in [-0.1, -0.05) is 185 Å². The first-order chi connectivity index (χ1) is 41.9. The first kappa shape index (κ1) is 66.6. The number of rotatable bonds is 16. The number of Topliss-reactive ketones (excluding diaryl/α,β-unsaturated/α-hetero) is 2. The number of halogens is 7. The number of carbonyl (C=O) groups excluding carboxylic acids is 2. The molecule has 11 nitrogen and oxygen atoms in total. The highest BCUT2D eigenvalue weighted by molar-refractivity contribution is 9.10. The van der Waals surface area contributed by atoms with Crippen LogP contribution in [-0.4, -0.2) is 50.8 Å². The van der Waals surface area contributed by atoms with Crippen LogP contribution in [0.4, 0.5) is 8.78 Å². The Kier molecular flexibility index (Phi) is 25.1. The second-order valence-electron chi connectivity index (χ2n) is 19.5. The minimum absolute atomic E-state index is 0.0619. The van der Waals surface area contributed by atoms with Crippen LogP contribution in [0.1, 0.15) is 116 Å². The number of hydrogen-bond donors (Lipinski definition) is 2. The van der Waals surface area contributed by atoms with E-state index in [9.17, 15) is 23.2 Å². The summed E-state index contributed by atoms with van der Waals surface area (Å²) in [6, 6.07) is 47.3. The number of nitrogens with two attached hydrogens (primary N) is 1. The van der Waals surface area contributed by atoms with E-state index in [1.807, 2.05) is 122 Å². The summed E-state index contributed by atoms with van der Waals surface area (Å²) in [6.07, 6.45) is 14.9.